The van der Waals surface area contributed by atoms with Crippen LogP contribution in [0.1, 0.15) is 20.3 Å². The molecule has 1 aromatic rings. The minimum Gasteiger partial charge on any atom is -0.308 e. The molecule has 1 aliphatic carbocycles. The molecular weight excluding hydrogens is 168 g/mol. The van der Waals surface area contributed by atoms with Crippen molar-refractivity contribution in [2.75, 3.05) is 5.32 Å². The standard InChI is InChI=1S/C8H12N4O/c1-8(2)3-5(8)7(13)10-6-4-9-12-11-6/h4-5H,3H2,1-2H3,(H2,9,10,11,12,13). The lowest BCUT2D eigenvalue weighted by Gasteiger charge is -2.02. The van der Waals surface area contributed by atoms with Crippen LogP contribution in [0.3, 0.4) is 0 Å². The number of hydrogen-bond acceptors (Lipinski definition) is 3. The molecular formula is C8H12N4O. The van der Waals surface area contributed by atoms with Gasteiger partial charge in [-0.05, 0) is 11.8 Å². The lowest BCUT2D eigenvalue weighted by molar-refractivity contribution is -0.118. The fourth-order valence-corrected chi connectivity index (χ4v) is 1.39. The van der Waals surface area contributed by atoms with E-state index in [2.05, 4.69) is 34.6 Å². The van der Waals surface area contributed by atoms with Gasteiger partial charge in [0.05, 0.1) is 6.20 Å². The highest BCUT2D eigenvalue weighted by Gasteiger charge is 2.50. The zero-order valence-electron chi connectivity index (χ0n) is 7.66. The first-order valence-corrected chi connectivity index (χ1v) is 4.26. The Hall–Kier alpha value is -1.39. The molecule has 0 bridgehead atoms. The van der Waals surface area contributed by atoms with Crippen molar-refractivity contribution in [1.82, 2.24) is 15.4 Å². The molecule has 0 spiro atoms. The van der Waals surface area contributed by atoms with Gasteiger partial charge in [0.25, 0.3) is 0 Å². The van der Waals surface area contributed by atoms with Crippen molar-refractivity contribution in [3.8, 4) is 0 Å². The summed E-state index contributed by atoms with van der Waals surface area (Å²) >= 11 is 0. The third-order valence-electron chi connectivity index (χ3n) is 2.50. The fraction of sp³-hybridized carbons (Fsp3) is 0.625. The SMILES string of the molecule is CC1(C)CC1C(=O)Nc1cn[nH]n1. The van der Waals surface area contributed by atoms with Gasteiger partial charge in [-0.25, -0.2) is 0 Å². The van der Waals surface area contributed by atoms with Crippen LogP contribution in [0.2, 0.25) is 0 Å². The lowest BCUT2D eigenvalue weighted by Crippen LogP contribution is -2.16. The first-order chi connectivity index (χ1) is 6.09. The summed E-state index contributed by atoms with van der Waals surface area (Å²) in [6.07, 6.45) is 2.45. The number of nitrogens with zero attached hydrogens (tertiary/aromatic N) is 2. The van der Waals surface area contributed by atoms with E-state index < -0.39 is 0 Å². The van der Waals surface area contributed by atoms with Gasteiger partial charge in [0.15, 0.2) is 5.82 Å². The largest absolute Gasteiger partial charge is 0.308 e. The van der Waals surface area contributed by atoms with Crippen LogP contribution in [-0.2, 0) is 4.79 Å². The number of nitrogens with one attached hydrogen (secondary N) is 2. The Morgan fingerprint density at radius 1 is 1.77 bits per heavy atom. The maximum Gasteiger partial charge on any atom is 0.229 e. The van der Waals surface area contributed by atoms with E-state index in [1.165, 1.54) is 6.20 Å². The average Bonchev–Trinajstić information content (AvgIpc) is 2.49. The van der Waals surface area contributed by atoms with Crippen LogP contribution in [0.15, 0.2) is 6.20 Å². The summed E-state index contributed by atoms with van der Waals surface area (Å²) < 4.78 is 0. The molecule has 0 saturated heterocycles. The van der Waals surface area contributed by atoms with Crippen molar-refractivity contribution in [2.24, 2.45) is 11.3 Å². The third-order valence-corrected chi connectivity index (χ3v) is 2.50. The van der Waals surface area contributed by atoms with E-state index in [4.69, 9.17) is 0 Å². The normalized spacial score (nSPS) is 24.0. The molecule has 0 aromatic carbocycles. The zero-order valence-corrected chi connectivity index (χ0v) is 7.66. The summed E-state index contributed by atoms with van der Waals surface area (Å²) in [7, 11) is 0. The first-order valence-electron chi connectivity index (χ1n) is 4.26. The van der Waals surface area contributed by atoms with Gasteiger partial charge in [0.2, 0.25) is 5.91 Å². The van der Waals surface area contributed by atoms with Crippen molar-refractivity contribution in [2.45, 2.75) is 20.3 Å². The molecule has 1 saturated carbocycles. The van der Waals surface area contributed by atoms with E-state index in [1.807, 2.05) is 0 Å². The number of H-pyrrole nitrogens is 1. The molecule has 1 unspecified atom stereocenters. The van der Waals surface area contributed by atoms with E-state index in [0.717, 1.165) is 6.42 Å². The molecule has 1 aromatic heterocycles. The van der Waals surface area contributed by atoms with Gasteiger partial charge in [-0.3, -0.25) is 4.79 Å². The van der Waals surface area contributed by atoms with E-state index >= 15 is 0 Å². The molecule has 1 aliphatic rings. The van der Waals surface area contributed by atoms with Gasteiger partial charge in [-0.1, -0.05) is 13.8 Å². The Labute approximate surface area is 75.9 Å². The van der Waals surface area contributed by atoms with Crippen molar-refractivity contribution in [1.29, 1.82) is 0 Å². The summed E-state index contributed by atoms with van der Waals surface area (Å²) in [4.78, 5) is 11.5. The molecule has 1 amide bonds. The van der Waals surface area contributed by atoms with Crippen molar-refractivity contribution >= 4 is 11.7 Å². The van der Waals surface area contributed by atoms with Crippen molar-refractivity contribution < 1.29 is 4.79 Å². The van der Waals surface area contributed by atoms with Crippen LogP contribution in [-0.4, -0.2) is 21.3 Å². The number of anilines is 1. The number of hydrogen-bond donors (Lipinski definition) is 2. The highest BCUT2D eigenvalue weighted by molar-refractivity contribution is 5.93. The predicted octanol–water partition coefficient (Wildman–Crippen LogP) is 0.789. The van der Waals surface area contributed by atoms with E-state index in [1.54, 1.807) is 0 Å². The number of aromatic amines is 1. The molecule has 1 atom stereocenters. The highest BCUT2D eigenvalue weighted by atomic mass is 16.2. The molecule has 0 aliphatic heterocycles. The molecule has 1 fully saturated rings. The van der Waals surface area contributed by atoms with Crippen LogP contribution in [0, 0.1) is 11.3 Å². The third kappa shape index (κ3) is 1.54. The minimum atomic E-state index is 0.0406. The van der Waals surface area contributed by atoms with Crippen LogP contribution < -0.4 is 5.32 Å². The predicted molar refractivity (Wildman–Crippen MR) is 46.9 cm³/mol. The molecule has 5 nitrogen and oxygen atoms in total. The van der Waals surface area contributed by atoms with Crippen LogP contribution in [0.5, 0.6) is 0 Å². The van der Waals surface area contributed by atoms with Crippen molar-refractivity contribution in [3.63, 3.8) is 0 Å². The number of carbonyl (C=O) groups is 1. The lowest BCUT2D eigenvalue weighted by atomic mass is 10.1. The number of carbonyl (C=O) groups excluding carboxylic acids is 1. The van der Waals surface area contributed by atoms with Gasteiger partial charge in [0.1, 0.15) is 0 Å². The maximum absolute atomic E-state index is 11.5. The minimum absolute atomic E-state index is 0.0406. The Morgan fingerprint density at radius 3 is 2.92 bits per heavy atom. The molecule has 2 rings (SSSR count). The average molecular weight is 180 g/mol. The Balaban J connectivity index is 1.94. The number of rotatable bonds is 2. The summed E-state index contributed by atoms with van der Waals surface area (Å²) in [5.74, 6) is 0.663. The zero-order chi connectivity index (χ0) is 9.47. The van der Waals surface area contributed by atoms with Crippen LogP contribution in [0.25, 0.3) is 0 Å². The van der Waals surface area contributed by atoms with Crippen LogP contribution >= 0.6 is 0 Å². The van der Waals surface area contributed by atoms with Gasteiger partial charge >= 0.3 is 0 Å². The van der Waals surface area contributed by atoms with Gasteiger partial charge in [0, 0.05) is 5.92 Å². The van der Waals surface area contributed by atoms with Gasteiger partial charge in [-0.15, -0.1) is 5.10 Å². The van der Waals surface area contributed by atoms with Crippen molar-refractivity contribution in [3.05, 3.63) is 6.20 Å². The molecule has 1 heterocycles. The quantitative estimate of drug-likeness (QED) is 0.706. The Bertz CT molecular complexity index is 317. The second-order valence-corrected chi connectivity index (χ2v) is 4.09. The summed E-state index contributed by atoms with van der Waals surface area (Å²) in [6, 6.07) is 0. The second-order valence-electron chi connectivity index (χ2n) is 4.09. The Kier molecular flexibility index (Phi) is 1.61. The molecule has 70 valence electrons. The smallest absolute Gasteiger partial charge is 0.229 e. The topological polar surface area (TPSA) is 70.7 Å². The van der Waals surface area contributed by atoms with E-state index in [-0.39, 0.29) is 17.2 Å². The molecule has 5 heteroatoms. The molecule has 13 heavy (non-hydrogen) atoms. The van der Waals surface area contributed by atoms with Gasteiger partial charge < -0.3 is 5.32 Å². The van der Waals surface area contributed by atoms with E-state index in [0.29, 0.717) is 5.82 Å². The number of aromatic nitrogens is 3. The van der Waals surface area contributed by atoms with Crippen LogP contribution in [0.4, 0.5) is 5.82 Å². The summed E-state index contributed by atoms with van der Waals surface area (Å²) in [6.45, 7) is 4.17. The summed E-state index contributed by atoms with van der Waals surface area (Å²) in [5.41, 5.74) is 0.161. The molecule has 0 radical (unpaired) electrons. The second kappa shape index (κ2) is 2.55. The Morgan fingerprint density at radius 2 is 2.46 bits per heavy atom. The number of amides is 1. The fourth-order valence-electron chi connectivity index (χ4n) is 1.39. The molecule has 2 N–H and O–H groups in total. The van der Waals surface area contributed by atoms with Gasteiger partial charge in [-0.2, -0.15) is 10.3 Å². The first kappa shape index (κ1) is 8.22. The summed E-state index contributed by atoms with van der Waals surface area (Å²) in [5, 5.41) is 12.5. The maximum atomic E-state index is 11.5. The van der Waals surface area contributed by atoms with E-state index in [9.17, 15) is 4.79 Å². The highest BCUT2D eigenvalue weighted by Crippen LogP contribution is 2.51. The monoisotopic (exact) mass is 180 g/mol.